The Kier molecular flexibility index (Phi) is 6.90. The molecule has 1 aromatic heterocycles. The van der Waals surface area contributed by atoms with Crippen LogP contribution in [-0.2, 0) is 17.3 Å². The molecule has 0 unspecified atom stereocenters. The fourth-order valence-corrected chi connectivity index (χ4v) is 3.98. The smallest absolute Gasteiger partial charge is 0.354 e. The summed E-state index contributed by atoms with van der Waals surface area (Å²) in [6.45, 7) is 2.81. The van der Waals surface area contributed by atoms with Gasteiger partial charge in [0.2, 0.25) is 5.91 Å². The zero-order valence-corrected chi connectivity index (χ0v) is 18.8. The zero-order chi connectivity index (χ0) is 25.2. The lowest BCUT2D eigenvalue weighted by Crippen LogP contribution is -2.28. The lowest BCUT2D eigenvalue weighted by Gasteiger charge is -2.24. The Hall–Kier alpha value is -3.69. The molecule has 35 heavy (non-hydrogen) atoms. The van der Waals surface area contributed by atoms with Crippen molar-refractivity contribution in [2.75, 3.05) is 28.6 Å². The van der Waals surface area contributed by atoms with Crippen LogP contribution in [-0.4, -0.2) is 24.0 Å². The van der Waals surface area contributed by atoms with E-state index in [1.165, 1.54) is 18.2 Å². The van der Waals surface area contributed by atoms with Crippen LogP contribution in [0.5, 0.6) is 0 Å². The van der Waals surface area contributed by atoms with Crippen molar-refractivity contribution in [2.24, 2.45) is 0 Å². The maximum Gasteiger partial charge on any atom is 0.354 e. The van der Waals surface area contributed by atoms with Gasteiger partial charge in [0.1, 0.15) is 23.3 Å². The maximum absolute atomic E-state index is 14.8. The van der Waals surface area contributed by atoms with Gasteiger partial charge in [-0.2, -0.15) is 8.78 Å². The number of aromatic nitrogens is 1. The van der Waals surface area contributed by atoms with Gasteiger partial charge in [-0.3, -0.25) is 4.79 Å². The summed E-state index contributed by atoms with van der Waals surface area (Å²) in [5, 5.41) is 4.63. The standard InChI is InChI=1S/C25H23F5N4O/c1-15-4-5-19(20(28)10-15)25(29,30)33-22-7-6-21(24(32-22)34-8-2-3-9-34)31-23(35)13-16-11-17(26)14-18(27)12-16/h4-7,10-12,14H,2-3,8-9,13H2,1H3,(H,31,35)(H,32,33). The van der Waals surface area contributed by atoms with Crippen molar-refractivity contribution in [3.63, 3.8) is 0 Å². The minimum atomic E-state index is -3.74. The van der Waals surface area contributed by atoms with E-state index in [0.29, 0.717) is 24.7 Å². The van der Waals surface area contributed by atoms with E-state index in [9.17, 15) is 26.7 Å². The van der Waals surface area contributed by atoms with Crippen molar-refractivity contribution >= 4 is 23.2 Å². The molecule has 1 saturated heterocycles. The summed E-state index contributed by atoms with van der Waals surface area (Å²) < 4.78 is 70.7. The van der Waals surface area contributed by atoms with Gasteiger partial charge < -0.3 is 15.5 Å². The van der Waals surface area contributed by atoms with Crippen LogP contribution in [0.2, 0.25) is 0 Å². The number of benzene rings is 2. The molecule has 10 heteroatoms. The Bertz CT molecular complexity index is 1220. The average molecular weight is 490 g/mol. The van der Waals surface area contributed by atoms with Crippen molar-refractivity contribution in [3.8, 4) is 0 Å². The molecule has 0 radical (unpaired) electrons. The van der Waals surface area contributed by atoms with Gasteiger partial charge in [0, 0.05) is 19.2 Å². The molecule has 0 saturated carbocycles. The molecular formula is C25H23F5N4O. The number of aryl methyl sites for hydroxylation is 1. The van der Waals surface area contributed by atoms with Crippen molar-refractivity contribution in [3.05, 3.63) is 82.7 Å². The number of anilines is 3. The highest BCUT2D eigenvalue weighted by Crippen LogP contribution is 2.34. The summed E-state index contributed by atoms with van der Waals surface area (Å²) in [7, 11) is 0. The van der Waals surface area contributed by atoms with Crippen LogP contribution in [0.3, 0.4) is 0 Å². The number of nitrogens with zero attached hydrogens (tertiary/aromatic N) is 2. The van der Waals surface area contributed by atoms with Crippen LogP contribution in [0.25, 0.3) is 0 Å². The highest BCUT2D eigenvalue weighted by Gasteiger charge is 2.35. The number of pyridine rings is 1. The Morgan fingerprint density at radius 2 is 1.69 bits per heavy atom. The van der Waals surface area contributed by atoms with Crippen molar-refractivity contribution in [1.29, 1.82) is 0 Å². The van der Waals surface area contributed by atoms with Crippen LogP contribution < -0.4 is 15.5 Å². The maximum atomic E-state index is 14.8. The number of hydrogen-bond acceptors (Lipinski definition) is 4. The van der Waals surface area contributed by atoms with E-state index in [0.717, 1.165) is 37.1 Å². The monoisotopic (exact) mass is 490 g/mol. The third kappa shape index (κ3) is 5.87. The summed E-state index contributed by atoms with van der Waals surface area (Å²) in [4.78, 5) is 18.7. The summed E-state index contributed by atoms with van der Waals surface area (Å²) in [5.41, 5.74) is 0.114. The molecule has 2 aromatic carbocycles. The minimum absolute atomic E-state index is 0.147. The van der Waals surface area contributed by atoms with E-state index >= 15 is 0 Å². The molecule has 5 nitrogen and oxygen atoms in total. The van der Waals surface area contributed by atoms with Crippen LogP contribution in [0.4, 0.5) is 39.3 Å². The van der Waals surface area contributed by atoms with Gasteiger partial charge in [0.15, 0.2) is 5.82 Å². The number of carbonyl (C=O) groups excluding carboxylic acids is 1. The zero-order valence-electron chi connectivity index (χ0n) is 18.8. The summed E-state index contributed by atoms with van der Waals surface area (Å²) >= 11 is 0. The largest absolute Gasteiger partial charge is 0.355 e. The first kappa shape index (κ1) is 24.4. The molecule has 1 amide bonds. The second kappa shape index (κ2) is 9.89. The normalized spacial score (nSPS) is 13.7. The SMILES string of the molecule is Cc1ccc(C(F)(F)Nc2ccc(NC(=O)Cc3cc(F)cc(F)c3)c(N3CCCC3)n2)c(F)c1. The van der Waals surface area contributed by atoms with Crippen molar-refractivity contribution in [1.82, 2.24) is 4.98 Å². The lowest BCUT2D eigenvalue weighted by molar-refractivity contribution is -0.115. The molecule has 4 rings (SSSR count). The highest BCUT2D eigenvalue weighted by molar-refractivity contribution is 5.95. The summed E-state index contributed by atoms with van der Waals surface area (Å²) in [6.07, 6.45) is 1.43. The predicted molar refractivity (Wildman–Crippen MR) is 123 cm³/mol. The summed E-state index contributed by atoms with van der Waals surface area (Å²) in [6, 6.07) is 5.18. The average Bonchev–Trinajstić information content (AvgIpc) is 3.28. The molecule has 184 valence electrons. The van der Waals surface area contributed by atoms with Gasteiger partial charge in [-0.05, 0) is 67.3 Å². The van der Waals surface area contributed by atoms with Gasteiger partial charge in [-0.25, -0.2) is 18.2 Å². The first-order valence-corrected chi connectivity index (χ1v) is 11.0. The molecule has 1 aliphatic heterocycles. The third-order valence-corrected chi connectivity index (χ3v) is 5.59. The molecule has 0 aliphatic carbocycles. The Morgan fingerprint density at radius 1 is 1.00 bits per heavy atom. The number of halogens is 5. The van der Waals surface area contributed by atoms with Crippen molar-refractivity contribution in [2.45, 2.75) is 32.2 Å². The van der Waals surface area contributed by atoms with Crippen LogP contribution in [0.15, 0.2) is 48.5 Å². The van der Waals surface area contributed by atoms with Crippen molar-refractivity contribution < 1.29 is 26.7 Å². The number of carbonyl (C=O) groups is 1. The molecule has 0 bridgehead atoms. The van der Waals surface area contributed by atoms with Gasteiger partial charge in [-0.1, -0.05) is 6.07 Å². The molecule has 0 spiro atoms. The minimum Gasteiger partial charge on any atom is -0.355 e. The number of alkyl halides is 2. The second-order valence-corrected chi connectivity index (χ2v) is 8.45. The fraction of sp³-hybridized carbons (Fsp3) is 0.280. The van der Waals surface area contributed by atoms with Crippen LogP contribution in [0, 0.1) is 24.4 Å². The quantitative estimate of drug-likeness (QED) is 0.327. The van der Waals surface area contributed by atoms with E-state index < -0.39 is 35.0 Å². The van der Waals surface area contributed by atoms with Gasteiger partial charge >= 0.3 is 6.05 Å². The van der Waals surface area contributed by atoms with Gasteiger partial charge in [0.25, 0.3) is 0 Å². The van der Waals surface area contributed by atoms with E-state index in [-0.39, 0.29) is 29.3 Å². The fourth-order valence-electron chi connectivity index (χ4n) is 3.98. The Morgan fingerprint density at radius 3 is 2.34 bits per heavy atom. The second-order valence-electron chi connectivity index (χ2n) is 8.45. The van der Waals surface area contributed by atoms with E-state index in [1.807, 2.05) is 10.2 Å². The Labute approximate surface area is 199 Å². The molecule has 1 fully saturated rings. The van der Waals surface area contributed by atoms with E-state index in [2.05, 4.69) is 10.3 Å². The highest BCUT2D eigenvalue weighted by atomic mass is 19.3. The molecule has 3 aromatic rings. The number of amides is 1. The van der Waals surface area contributed by atoms with E-state index in [1.54, 1.807) is 6.92 Å². The number of hydrogen-bond donors (Lipinski definition) is 2. The molecule has 2 heterocycles. The summed E-state index contributed by atoms with van der Waals surface area (Å²) in [5.74, 6) is -3.12. The predicted octanol–water partition coefficient (Wildman–Crippen LogP) is 5.75. The lowest BCUT2D eigenvalue weighted by atomic mass is 10.1. The van der Waals surface area contributed by atoms with Crippen LogP contribution in [0.1, 0.15) is 29.5 Å². The molecule has 0 atom stereocenters. The van der Waals surface area contributed by atoms with Gasteiger partial charge in [0.05, 0.1) is 17.7 Å². The molecular weight excluding hydrogens is 467 g/mol. The van der Waals surface area contributed by atoms with Gasteiger partial charge in [-0.15, -0.1) is 0 Å². The first-order chi connectivity index (χ1) is 16.6. The number of nitrogens with one attached hydrogen (secondary N) is 2. The number of rotatable bonds is 7. The third-order valence-electron chi connectivity index (χ3n) is 5.59. The topological polar surface area (TPSA) is 57.3 Å². The van der Waals surface area contributed by atoms with Crippen LogP contribution >= 0.6 is 0 Å². The molecule has 1 aliphatic rings. The molecule has 2 N–H and O–H groups in total. The van der Waals surface area contributed by atoms with E-state index in [4.69, 9.17) is 0 Å². The first-order valence-electron chi connectivity index (χ1n) is 11.0. The Balaban J connectivity index is 1.57.